The van der Waals surface area contributed by atoms with E-state index in [1.165, 1.54) is 18.2 Å². The van der Waals surface area contributed by atoms with Gasteiger partial charge in [-0.3, -0.25) is 0 Å². The van der Waals surface area contributed by atoms with Crippen LogP contribution in [-0.4, -0.2) is 20.7 Å². The highest BCUT2D eigenvalue weighted by molar-refractivity contribution is 7.98. The summed E-state index contributed by atoms with van der Waals surface area (Å²) in [5.41, 5.74) is 1.57. The van der Waals surface area contributed by atoms with Crippen molar-refractivity contribution in [3.63, 3.8) is 0 Å². The molecule has 1 N–H and O–H groups in total. The van der Waals surface area contributed by atoms with E-state index in [9.17, 15) is 8.42 Å². The summed E-state index contributed by atoms with van der Waals surface area (Å²) in [4.78, 5) is -0.0310. The lowest BCUT2D eigenvalue weighted by Crippen LogP contribution is -2.26. The van der Waals surface area contributed by atoms with Crippen molar-refractivity contribution in [2.45, 2.75) is 10.6 Å². The van der Waals surface area contributed by atoms with Crippen LogP contribution in [0, 0.1) is 11.3 Å². The Balaban J connectivity index is 1.88. The molecule has 0 saturated heterocycles. The van der Waals surface area contributed by atoms with Crippen molar-refractivity contribution in [3.8, 4) is 6.07 Å². The van der Waals surface area contributed by atoms with E-state index in [4.69, 9.17) is 28.5 Å². The molecule has 24 heavy (non-hydrogen) atoms. The van der Waals surface area contributed by atoms with E-state index >= 15 is 0 Å². The van der Waals surface area contributed by atoms with E-state index in [0.717, 1.165) is 5.56 Å². The molecule has 4 nitrogen and oxygen atoms in total. The number of nitrogens with zero attached hydrogens (tertiary/aromatic N) is 1. The quantitative estimate of drug-likeness (QED) is 0.710. The maximum atomic E-state index is 12.2. The number of benzene rings is 2. The molecule has 2 aromatic rings. The van der Waals surface area contributed by atoms with Gasteiger partial charge in [-0.15, -0.1) is 0 Å². The van der Waals surface area contributed by atoms with E-state index in [2.05, 4.69) is 10.8 Å². The molecular weight excluding hydrogens is 387 g/mol. The fraction of sp³-hybridized carbons (Fsp3) is 0.188. The lowest BCUT2D eigenvalue weighted by atomic mass is 10.1. The van der Waals surface area contributed by atoms with Crippen LogP contribution >= 0.6 is 35.0 Å². The Labute approximate surface area is 155 Å². The van der Waals surface area contributed by atoms with Gasteiger partial charge in [-0.05, 0) is 29.8 Å². The molecule has 0 aromatic heterocycles. The first-order chi connectivity index (χ1) is 11.4. The summed E-state index contributed by atoms with van der Waals surface area (Å²) in [6.45, 7) is 0.255. The highest BCUT2D eigenvalue weighted by Gasteiger charge is 2.17. The third kappa shape index (κ3) is 5.13. The summed E-state index contributed by atoms with van der Waals surface area (Å²) in [7, 11) is -3.70. The van der Waals surface area contributed by atoms with Crippen molar-refractivity contribution in [2.24, 2.45) is 0 Å². The Hall–Kier alpha value is -1.23. The second-order valence-corrected chi connectivity index (χ2v) is 8.48. The fourth-order valence-electron chi connectivity index (χ4n) is 1.95. The van der Waals surface area contributed by atoms with Crippen LogP contribution in [-0.2, 0) is 15.8 Å². The van der Waals surface area contributed by atoms with Gasteiger partial charge in [-0.25, -0.2) is 13.1 Å². The minimum atomic E-state index is -3.70. The zero-order chi connectivity index (χ0) is 17.6. The van der Waals surface area contributed by atoms with Crippen molar-refractivity contribution in [3.05, 3.63) is 63.6 Å². The van der Waals surface area contributed by atoms with Crippen LogP contribution < -0.4 is 4.72 Å². The minimum Gasteiger partial charge on any atom is -0.210 e. The van der Waals surface area contributed by atoms with Gasteiger partial charge in [0, 0.05) is 23.1 Å². The number of rotatable bonds is 7. The molecule has 0 heterocycles. The molecule has 126 valence electrons. The third-order valence-electron chi connectivity index (χ3n) is 3.12. The van der Waals surface area contributed by atoms with Crippen LogP contribution in [0.5, 0.6) is 0 Å². The number of hydrogen-bond acceptors (Lipinski definition) is 4. The Bertz CT molecular complexity index is 865. The normalized spacial score (nSPS) is 11.2. The van der Waals surface area contributed by atoms with Crippen molar-refractivity contribution in [1.29, 1.82) is 5.26 Å². The van der Waals surface area contributed by atoms with Gasteiger partial charge in [0.25, 0.3) is 0 Å². The summed E-state index contributed by atoms with van der Waals surface area (Å²) in [5, 5.41) is 9.46. The number of thioether (sulfide) groups is 1. The molecule has 0 atom stereocenters. The van der Waals surface area contributed by atoms with Gasteiger partial charge in [-0.1, -0.05) is 41.4 Å². The highest BCUT2D eigenvalue weighted by Crippen LogP contribution is 2.24. The number of hydrogen-bond donors (Lipinski definition) is 1. The summed E-state index contributed by atoms with van der Waals surface area (Å²) >= 11 is 13.3. The van der Waals surface area contributed by atoms with Gasteiger partial charge in [-0.2, -0.15) is 17.0 Å². The maximum absolute atomic E-state index is 12.2. The number of nitriles is 1. The second kappa shape index (κ2) is 8.75. The molecule has 0 fully saturated rings. The first kappa shape index (κ1) is 19.1. The van der Waals surface area contributed by atoms with Crippen molar-refractivity contribution >= 4 is 45.0 Å². The zero-order valence-electron chi connectivity index (χ0n) is 12.5. The van der Waals surface area contributed by atoms with Gasteiger partial charge < -0.3 is 0 Å². The molecule has 0 amide bonds. The van der Waals surface area contributed by atoms with Gasteiger partial charge in [0.2, 0.25) is 10.0 Å². The number of sulfonamides is 1. The predicted molar refractivity (Wildman–Crippen MR) is 99.0 cm³/mol. The SMILES string of the molecule is N#Cc1ccccc1CSCCNS(=O)(=O)c1cc(Cl)ccc1Cl. The van der Waals surface area contributed by atoms with Crippen molar-refractivity contribution in [1.82, 2.24) is 4.72 Å². The van der Waals surface area contributed by atoms with Crippen LogP contribution in [0.3, 0.4) is 0 Å². The lowest BCUT2D eigenvalue weighted by molar-refractivity contribution is 0.584. The first-order valence-corrected chi connectivity index (χ1v) is 10.3. The molecule has 0 aliphatic carbocycles. The maximum Gasteiger partial charge on any atom is 0.242 e. The van der Waals surface area contributed by atoms with Crippen LogP contribution in [0.4, 0.5) is 0 Å². The lowest BCUT2D eigenvalue weighted by Gasteiger charge is -2.09. The van der Waals surface area contributed by atoms with Crippen molar-refractivity contribution in [2.75, 3.05) is 12.3 Å². The first-order valence-electron chi connectivity index (χ1n) is 6.94. The topological polar surface area (TPSA) is 70.0 Å². The fourth-order valence-corrected chi connectivity index (χ4v) is 4.73. The summed E-state index contributed by atoms with van der Waals surface area (Å²) in [5.74, 6) is 1.21. The van der Waals surface area contributed by atoms with Gasteiger partial charge in [0.1, 0.15) is 4.90 Å². The molecule has 0 unspecified atom stereocenters. The standard InChI is InChI=1S/C16H14Cl2N2O2S2/c17-14-5-6-15(18)16(9-14)24(21,22)20-7-8-23-11-13-4-2-1-3-12(13)10-19/h1-6,9,20H,7-8,11H2. The summed E-state index contributed by atoms with van der Waals surface area (Å²) in [6.07, 6.45) is 0. The molecule has 8 heteroatoms. The van der Waals surface area contributed by atoms with Gasteiger partial charge in [0.15, 0.2) is 0 Å². The smallest absolute Gasteiger partial charge is 0.210 e. The van der Waals surface area contributed by atoms with Crippen molar-refractivity contribution < 1.29 is 8.42 Å². The number of halogens is 2. The molecule has 2 aromatic carbocycles. The monoisotopic (exact) mass is 400 g/mol. The Morgan fingerprint density at radius 2 is 1.92 bits per heavy atom. The number of nitrogens with one attached hydrogen (secondary N) is 1. The Morgan fingerprint density at radius 3 is 2.67 bits per heavy atom. The summed E-state index contributed by atoms with van der Waals surface area (Å²) in [6, 6.07) is 13.8. The van der Waals surface area contributed by atoms with E-state index in [0.29, 0.717) is 22.1 Å². The molecule has 0 bridgehead atoms. The van der Waals surface area contributed by atoms with Gasteiger partial charge >= 0.3 is 0 Å². The molecule has 0 saturated carbocycles. The van der Waals surface area contributed by atoms with E-state index in [-0.39, 0.29) is 16.5 Å². The van der Waals surface area contributed by atoms with Gasteiger partial charge in [0.05, 0.1) is 16.7 Å². The average Bonchev–Trinajstić information content (AvgIpc) is 2.57. The molecule has 0 spiro atoms. The molecular formula is C16H14Cl2N2O2S2. The second-order valence-electron chi connectivity index (χ2n) is 4.79. The molecule has 0 radical (unpaired) electrons. The Morgan fingerprint density at radius 1 is 1.17 bits per heavy atom. The van der Waals surface area contributed by atoms with E-state index < -0.39 is 10.0 Å². The van der Waals surface area contributed by atoms with Crippen LogP contribution in [0.15, 0.2) is 47.4 Å². The zero-order valence-corrected chi connectivity index (χ0v) is 15.6. The largest absolute Gasteiger partial charge is 0.242 e. The third-order valence-corrected chi connectivity index (χ3v) is 6.30. The summed E-state index contributed by atoms with van der Waals surface area (Å²) < 4.78 is 27.0. The van der Waals surface area contributed by atoms with Crippen LogP contribution in [0.1, 0.15) is 11.1 Å². The molecule has 0 aliphatic rings. The molecule has 0 aliphatic heterocycles. The highest BCUT2D eigenvalue weighted by atomic mass is 35.5. The minimum absolute atomic E-state index is 0.0310. The Kier molecular flexibility index (Phi) is 6.96. The van der Waals surface area contributed by atoms with E-state index in [1.807, 2.05) is 18.2 Å². The predicted octanol–water partition coefficient (Wildman–Crippen LogP) is 4.08. The van der Waals surface area contributed by atoms with E-state index in [1.54, 1.807) is 17.8 Å². The van der Waals surface area contributed by atoms with Crippen LogP contribution in [0.25, 0.3) is 0 Å². The van der Waals surface area contributed by atoms with Crippen LogP contribution in [0.2, 0.25) is 10.0 Å². The molecule has 2 rings (SSSR count). The average molecular weight is 401 g/mol.